The summed E-state index contributed by atoms with van der Waals surface area (Å²) in [7, 11) is 1.57. The minimum atomic E-state index is -0.891. The van der Waals surface area contributed by atoms with Crippen LogP contribution in [0.4, 0.5) is 11.4 Å². The molecule has 7 heteroatoms. The fourth-order valence-electron chi connectivity index (χ4n) is 4.10. The first kappa shape index (κ1) is 18.3. The van der Waals surface area contributed by atoms with Crippen molar-refractivity contribution in [3.05, 3.63) is 84.7 Å². The lowest BCUT2D eigenvalue weighted by Crippen LogP contribution is -2.37. The van der Waals surface area contributed by atoms with Gasteiger partial charge in [0.2, 0.25) is 5.91 Å². The number of aromatic nitrogens is 1. The molecule has 0 N–H and O–H groups in total. The van der Waals surface area contributed by atoms with Crippen LogP contribution in [0.3, 0.4) is 0 Å². The number of methoxy groups -OCH3 is 1. The van der Waals surface area contributed by atoms with Gasteiger partial charge < -0.3 is 4.74 Å². The molecule has 0 spiro atoms. The summed E-state index contributed by atoms with van der Waals surface area (Å²) in [6, 6.07) is 19.6. The first-order valence-corrected chi connectivity index (χ1v) is 9.62. The molecular formula is C23H19N3O4. The number of carbonyl (C=O) groups excluding carboxylic acids is 2. The molecule has 2 aliphatic rings. The molecule has 0 radical (unpaired) electrons. The molecule has 2 aromatic carbocycles. The van der Waals surface area contributed by atoms with Crippen LogP contribution in [0.1, 0.15) is 11.6 Å². The number of anilines is 2. The number of amides is 2. The smallest absolute Gasteiger partial charge is 0.266 e. The van der Waals surface area contributed by atoms with Crippen molar-refractivity contribution >= 4 is 23.2 Å². The third kappa shape index (κ3) is 2.83. The molecule has 0 bridgehead atoms. The van der Waals surface area contributed by atoms with Gasteiger partial charge in [0.25, 0.3) is 5.91 Å². The average molecular weight is 401 g/mol. The van der Waals surface area contributed by atoms with Crippen LogP contribution in [-0.4, -0.2) is 30.0 Å². The lowest BCUT2D eigenvalue weighted by Gasteiger charge is -2.28. The predicted octanol–water partition coefficient (Wildman–Crippen LogP) is 3.14. The number of ether oxygens (including phenoxy) is 1. The number of carbonyl (C=O) groups is 2. The Morgan fingerprint density at radius 2 is 1.57 bits per heavy atom. The van der Waals surface area contributed by atoms with Crippen molar-refractivity contribution in [3.63, 3.8) is 0 Å². The maximum atomic E-state index is 13.5. The minimum Gasteiger partial charge on any atom is -0.497 e. The normalized spacial score (nSPS) is 23.0. The van der Waals surface area contributed by atoms with Gasteiger partial charge in [0, 0.05) is 12.4 Å². The molecule has 1 aromatic heterocycles. The van der Waals surface area contributed by atoms with E-state index in [1.54, 1.807) is 48.8 Å². The van der Waals surface area contributed by atoms with Crippen LogP contribution in [0.5, 0.6) is 5.75 Å². The van der Waals surface area contributed by atoms with Crippen LogP contribution in [0.25, 0.3) is 0 Å². The van der Waals surface area contributed by atoms with Crippen LogP contribution >= 0.6 is 0 Å². The Morgan fingerprint density at radius 3 is 2.23 bits per heavy atom. The highest BCUT2D eigenvalue weighted by molar-refractivity contribution is 6.23. The summed E-state index contributed by atoms with van der Waals surface area (Å²) < 4.78 is 5.17. The number of hydroxylamine groups is 1. The molecule has 3 atom stereocenters. The van der Waals surface area contributed by atoms with E-state index in [1.165, 1.54) is 4.90 Å². The Hall–Kier alpha value is -3.71. The summed E-state index contributed by atoms with van der Waals surface area (Å²) in [5, 5.41) is 1.67. The Labute approximate surface area is 173 Å². The van der Waals surface area contributed by atoms with Gasteiger partial charge in [-0.25, -0.2) is 9.96 Å². The van der Waals surface area contributed by atoms with Crippen molar-refractivity contribution in [1.82, 2.24) is 4.98 Å². The molecule has 2 fully saturated rings. The van der Waals surface area contributed by atoms with Crippen molar-refractivity contribution in [2.45, 2.75) is 12.1 Å². The summed E-state index contributed by atoms with van der Waals surface area (Å²) in [5.41, 5.74) is 2.15. The topological polar surface area (TPSA) is 72.0 Å². The van der Waals surface area contributed by atoms with Gasteiger partial charge in [0.15, 0.2) is 6.10 Å². The van der Waals surface area contributed by atoms with Crippen molar-refractivity contribution in [2.24, 2.45) is 5.92 Å². The molecule has 3 heterocycles. The summed E-state index contributed by atoms with van der Waals surface area (Å²) in [6.45, 7) is 0. The van der Waals surface area contributed by atoms with Gasteiger partial charge in [-0.1, -0.05) is 18.2 Å². The summed E-state index contributed by atoms with van der Waals surface area (Å²) >= 11 is 0. The number of pyridine rings is 1. The highest BCUT2D eigenvalue weighted by atomic mass is 16.7. The molecular weight excluding hydrogens is 382 g/mol. The fraction of sp³-hybridized carbons (Fsp3) is 0.174. The SMILES string of the molecule is COc1ccc(N2C(=O)[C@@H]3[C@@H](c4ccncc4)N(c4ccccc4)O[C@H]3C2=O)cc1. The number of fused-ring (bicyclic) bond motifs is 1. The van der Waals surface area contributed by atoms with Crippen molar-refractivity contribution in [2.75, 3.05) is 17.1 Å². The highest BCUT2D eigenvalue weighted by Gasteiger charge is 2.60. The first-order valence-electron chi connectivity index (χ1n) is 9.62. The Bertz CT molecular complexity index is 1070. The second-order valence-corrected chi connectivity index (χ2v) is 7.15. The molecule has 2 amide bonds. The van der Waals surface area contributed by atoms with E-state index >= 15 is 0 Å². The van der Waals surface area contributed by atoms with Crippen LogP contribution in [0, 0.1) is 5.92 Å². The second-order valence-electron chi connectivity index (χ2n) is 7.15. The van der Waals surface area contributed by atoms with Gasteiger partial charge in [-0.3, -0.25) is 19.4 Å². The molecule has 0 saturated carbocycles. The lowest BCUT2D eigenvalue weighted by atomic mass is 9.91. The van der Waals surface area contributed by atoms with E-state index in [1.807, 2.05) is 42.5 Å². The van der Waals surface area contributed by atoms with E-state index in [9.17, 15) is 9.59 Å². The van der Waals surface area contributed by atoms with E-state index in [-0.39, 0.29) is 11.8 Å². The van der Waals surface area contributed by atoms with Crippen molar-refractivity contribution < 1.29 is 19.2 Å². The van der Waals surface area contributed by atoms with E-state index in [0.717, 1.165) is 11.3 Å². The zero-order valence-electron chi connectivity index (χ0n) is 16.2. The van der Waals surface area contributed by atoms with E-state index in [0.29, 0.717) is 11.4 Å². The molecule has 2 aliphatic heterocycles. The third-order valence-electron chi connectivity index (χ3n) is 5.50. The van der Waals surface area contributed by atoms with Gasteiger partial charge in [0.1, 0.15) is 11.7 Å². The molecule has 5 rings (SSSR count). The highest BCUT2D eigenvalue weighted by Crippen LogP contribution is 2.47. The zero-order valence-corrected chi connectivity index (χ0v) is 16.2. The summed E-state index contributed by atoms with van der Waals surface area (Å²) in [5.74, 6) is -0.663. The maximum absolute atomic E-state index is 13.5. The Balaban J connectivity index is 1.55. The zero-order chi connectivity index (χ0) is 20.7. The number of hydrogen-bond acceptors (Lipinski definition) is 6. The Morgan fingerprint density at radius 1 is 0.867 bits per heavy atom. The predicted molar refractivity (Wildman–Crippen MR) is 110 cm³/mol. The molecule has 150 valence electrons. The molecule has 0 unspecified atom stereocenters. The molecule has 3 aromatic rings. The van der Waals surface area contributed by atoms with Crippen molar-refractivity contribution in [1.29, 1.82) is 0 Å². The van der Waals surface area contributed by atoms with Gasteiger partial charge >= 0.3 is 0 Å². The van der Waals surface area contributed by atoms with Gasteiger partial charge in [-0.2, -0.15) is 0 Å². The van der Waals surface area contributed by atoms with Crippen molar-refractivity contribution in [3.8, 4) is 5.75 Å². The van der Waals surface area contributed by atoms with Gasteiger partial charge in [-0.05, 0) is 54.1 Å². The molecule has 0 aliphatic carbocycles. The monoisotopic (exact) mass is 401 g/mol. The van der Waals surface area contributed by atoms with Crippen LogP contribution in [0.2, 0.25) is 0 Å². The summed E-state index contributed by atoms with van der Waals surface area (Å²) in [6.07, 6.45) is 2.46. The average Bonchev–Trinajstić information content (AvgIpc) is 3.31. The number of nitrogens with zero attached hydrogens (tertiary/aromatic N) is 3. The fourth-order valence-corrected chi connectivity index (χ4v) is 4.10. The number of hydrogen-bond donors (Lipinski definition) is 0. The van der Waals surface area contributed by atoms with E-state index < -0.39 is 18.1 Å². The standard InChI is InChI=1S/C23H19N3O4/c1-29-18-9-7-16(8-10-18)25-22(27)19-20(15-11-13-24-14-12-15)26(30-21(19)23(25)28)17-5-3-2-4-6-17/h2-14,19-21H,1H3/t19-,20-,21-/m1/s1. The number of imide groups is 1. The van der Waals surface area contributed by atoms with Gasteiger partial charge in [0.05, 0.1) is 24.5 Å². The van der Waals surface area contributed by atoms with Crippen LogP contribution < -0.4 is 14.7 Å². The summed E-state index contributed by atoms with van der Waals surface area (Å²) in [4.78, 5) is 38.1. The number of benzene rings is 2. The maximum Gasteiger partial charge on any atom is 0.266 e. The second kappa shape index (κ2) is 7.27. The largest absolute Gasteiger partial charge is 0.497 e. The Kier molecular flexibility index (Phi) is 4.44. The number of rotatable bonds is 4. The van der Waals surface area contributed by atoms with Crippen LogP contribution in [-0.2, 0) is 14.4 Å². The lowest BCUT2D eigenvalue weighted by molar-refractivity contribution is -0.126. The minimum absolute atomic E-state index is 0.282. The van der Waals surface area contributed by atoms with Gasteiger partial charge in [-0.15, -0.1) is 0 Å². The molecule has 30 heavy (non-hydrogen) atoms. The quantitative estimate of drug-likeness (QED) is 0.626. The third-order valence-corrected chi connectivity index (χ3v) is 5.50. The number of para-hydroxylation sites is 1. The molecule has 7 nitrogen and oxygen atoms in total. The van der Waals surface area contributed by atoms with E-state index in [2.05, 4.69) is 4.98 Å². The molecule has 2 saturated heterocycles. The van der Waals surface area contributed by atoms with E-state index in [4.69, 9.17) is 9.57 Å². The first-order chi connectivity index (χ1) is 14.7. The van der Waals surface area contributed by atoms with Crippen LogP contribution in [0.15, 0.2) is 79.1 Å².